The Hall–Kier alpha value is -5.22. The lowest BCUT2D eigenvalue weighted by Crippen LogP contribution is -2.63. The summed E-state index contributed by atoms with van der Waals surface area (Å²) in [5.41, 5.74) is 0.142. The lowest BCUT2D eigenvalue weighted by atomic mass is 9.98. The zero-order valence-electron chi connectivity index (χ0n) is 31.3. The Morgan fingerprint density at radius 3 is 1.89 bits per heavy atom. The van der Waals surface area contributed by atoms with Crippen molar-refractivity contribution >= 4 is 49.1 Å². The first-order chi connectivity index (χ1) is 24.7. The first kappa shape index (κ1) is 40.5. The van der Waals surface area contributed by atoms with E-state index in [1.165, 1.54) is 18.4 Å². The molecule has 15 nitrogen and oxygen atoms in total. The monoisotopic (exact) mass is 756 g/mol. The van der Waals surface area contributed by atoms with Gasteiger partial charge in [-0.05, 0) is 35.8 Å². The van der Waals surface area contributed by atoms with Crippen LogP contribution in [0, 0.1) is 0 Å². The van der Waals surface area contributed by atoms with Crippen LogP contribution >= 0.6 is 0 Å². The molecule has 1 aliphatic heterocycles. The smallest absolute Gasteiger partial charge is 0.308 e. The average Bonchev–Trinajstić information content (AvgIpc) is 3.02. The van der Waals surface area contributed by atoms with Crippen molar-refractivity contribution < 1.29 is 66.0 Å². The van der Waals surface area contributed by atoms with Crippen LogP contribution < -0.4 is 19.3 Å². The van der Waals surface area contributed by atoms with E-state index in [9.17, 15) is 28.8 Å². The summed E-state index contributed by atoms with van der Waals surface area (Å²) in [7, 11) is -2.12. The van der Waals surface area contributed by atoms with Gasteiger partial charge in [-0.1, -0.05) is 32.9 Å². The Balaban J connectivity index is 1.77. The lowest BCUT2D eigenvalue weighted by Gasteiger charge is -2.43. The Morgan fingerprint density at radius 1 is 0.755 bits per heavy atom. The van der Waals surface area contributed by atoms with Gasteiger partial charge in [-0.15, -0.1) is 0 Å². The zero-order valence-corrected chi connectivity index (χ0v) is 32.3. The minimum Gasteiger partial charge on any atom is -0.544 e. The van der Waals surface area contributed by atoms with Gasteiger partial charge in [-0.3, -0.25) is 28.8 Å². The number of esters is 5. The van der Waals surface area contributed by atoms with Gasteiger partial charge < -0.3 is 42.0 Å². The number of hydrogen-bond donors (Lipinski definition) is 0. The standard InChI is InChI=1S/C37H44O15Si/c1-19(38)44-18-30-33(47-21(3)40)34(48-22(4)41)35(49-23(5)42)36(51-30)50-26-15-28-31(29(16-26)46-20(2)39)32(43)27(17-45-28)24-11-13-25(14-12-24)52-53(9,10)37(6,7)8/h11-17,30,33-36H,18H2,1-10H3/t30-,33-,34+,35-,36-/m1/s1. The summed E-state index contributed by atoms with van der Waals surface area (Å²) in [6.07, 6.45) is -6.07. The van der Waals surface area contributed by atoms with Crippen molar-refractivity contribution in [3.63, 3.8) is 0 Å². The summed E-state index contributed by atoms with van der Waals surface area (Å²) in [6, 6.07) is 9.56. The van der Waals surface area contributed by atoms with Crippen LogP contribution in [0.2, 0.25) is 18.1 Å². The Morgan fingerprint density at radius 2 is 1.34 bits per heavy atom. The van der Waals surface area contributed by atoms with Gasteiger partial charge in [0.15, 0.2) is 12.2 Å². The van der Waals surface area contributed by atoms with Crippen molar-refractivity contribution in [2.24, 2.45) is 0 Å². The maximum atomic E-state index is 14.0. The van der Waals surface area contributed by atoms with Crippen molar-refractivity contribution in [2.75, 3.05) is 6.61 Å². The third kappa shape index (κ3) is 10.0. The second-order valence-electron chi connectivity index (χ2n) is 13.9. The summed E-state index contributed by atoms with van der Waals surface area (Å²) in [4.78, 5) is 74.4. The predicted molar refractivity (Wildman–Crippen MR) is 190 cm³/mol. The highest BCUT2D eigenvalue weighted by Gasteiger charge is 2.53. The predicted octanol–water partition coefficient (Wildman–Crippen LogP) is 5.23. The fourth-order valence-corrected chi connectivity index (χ4v) is 6.30. The van der Waals surface area contributed by atoms with Gasteiger partial charge in [0.1, 0.15) is 47.2 Å². The molecule has 286 valence electrons. The summed E-state index contributed by atoms with van der Waals surface area (Å²) in [6.45, 7) is 15.7. The number of rotatable bonds is 11. The van der Waals surface area contributed by atoms with E-state index >= 15 is 0 Å². The second-order valence-corrected chi connectivity index (χ2v) is 18.7. The van der Waals surface area contributed by atoms with E-state index in [2.05, 4.69) is 33.9 Å². The molecule has 4 rings (SSSR count). The molecule has 0 bridgehead atoms. The number of benzene rings is 2. The molecule has 53 heavy (non-hydrogen) atoms. The van der Waals surface area contributed by atoms with Gasteiger partial charge in [-0.2, -0.15) is 0 Å². The fraction of sp³-hybridized carbons (Fsp3) is 0.459. The molecule has 0 amide bonds. The largest absolute Gasteiger partial charge is 0.544 e. The zero-order chi connectivity index (χ0) is 39.4. The Bertz CT molecular complexity index is 1930. The van der Waals surface area contributed by atoms with E-state index in [0.29, 0.717) is 11.3 Å². The molecule has 0 N–H and O–H groups in total. The van der Waals surface area contributed by atoms with E-state index in [0.717, 1.165) is 34.6 Å². The summed E-state index contributed by atoms with van der Waals surface area (Å²) >= 11 is 0. The van der Waals surface area contributed by atoms with E-state index in [4.69, 9.17) is 42.0 Å². The molecular formula is C37H44O15Si. The van der Waals surface area contributed by atoms with Gasteiger partial charge >= 0.3 is 29.8 Å². The molecule has 1 fully saturated rings. The average molecular weight is 757 g/mol. The Kier molecular flexibility index (Phi) is 12.4. The van der Waals surface area contributed by atoms with E-state index in [1.807, 2.05) is 0 Å². The number of carbonyl (C=O) groups is 5. The fourth-order valence-electron chi connectivity index (χ4n) is 5.26. The molecule has 0 saturated carbocycles. The van der Waals surface area contributed by atoms with Crippen LogP contribution in [0.3, 0.4) is 0 Å². The molecule has 2 heterocycles. The molecule has 3 aromatic rings. The van der Waals surface area contributed by atoms with Crippen LogP contribution in [0.1, 0.15) is 55.4 Å². The molecule has 0 radical (unpaired) electrons. The molecule has 2 aromatic carbocycles. The quantitative estimate of drug-likeness (QED) is 0.107. The molecular weight excluding hydrogens is 712 g/mol. The number of ether oxygens (including phenoxy) is 7. The molecule has 5 atom stereocenters. The first-order valence-corrected chi connectivity index (χ1v) is 19.6. The molecule has 0 aliphatic carbocycles. The van der Waals surface area contributed by atoms with Gasteiger partial charge in [0.2, 0.25) is 26.1 Å². The van der Waals surface area contributed by atoms with Crippen molar-refractivity contribution in [1.82, 2.24) is 0 Å². The van der Waals surface area contributed by atoms with E-state index in [1.54, 1.807) is 24.3 Å². The molecule has 1 saturated heterocycles. The maximum absolute atomic E-state index is 14.0. The highest BCUT2D eigenvalue weighted by molar-refractivity contribution is 6.74. The number of fused-ring (bicyclic) bond motifs is 1. The molecule has 0 spiro atoms. The van der Waals surface area contributed by atoms with Crippen molar-refractivity contribution in [2.45, 2.75) is 104 Å². The van der Waals surface area contributed by atoms with Crippen molar-refractivity contribution in [3.8, 4) is 28.4 Å². The molecule has 16 heteroatoms. The van der Waals surface area contributed by atoms with Crippen LogP contribution in [0.5, 0.6) is 17.2 Å². The summed E-state index contributed by atoms with van der Waals surface area (Å²) in [5.74, 6) is -3.56. The minimum absolute atomic E-state index is 0.0206. The third-order valence-corrected chi connectivity index (χ3v) is 13.0. The van der Waals surface area contributed by atoms with Gasteiger partial charge in [0, 0.05) is 46.8 Å². The highest BCUT2D eigenvalue weighted by Crippen LogP contribution is 2.38. The van der Waals surface area contributed by atoms with Crippen LogP contribution in [-0.2, 0) is 47.7 Å². The van der Waals surface area contributed by atoms with Gasteiger partial charge in [0.25, 0.3) is 0 Å². The van der Waals surface area contributed by atoms with E-state index in [-0.39, 0.29) is 33.1 Å². The van der Waals surface area contributed by atoms with Crippen LogP contribution in [-0.4, -0.2) is 75.5 Å². The molecule has 0 unspecified atom stereocenters. The van der Waals surface area contributed by atoms with Crippen LogP contribution in [0.15, 0.2) is 51.9 Å². The first-order valence-electron chi connectivity index (χ1n) is 16.7. The lowest BCUT2D eigenvalue weighted by molar-refractivity contribution is -0.288. The van der Waals surface area contributed by atoms with Gasteiger partial charge in [-0.25, -0.2) is 0 Å². The van der Waals surface area contributed by atoms with Crippen molar-refractivity contribution in [1.29, 1.82) is 0 Å². The molecule has 1 aromatic heterocycles. The Labute approximate surface area is 306 Å². The number of carbonyl (C=O) groups excluding carboxylic acids is 5. The minimum atomic E-state index is -2.12. The SMILES string of the molecule is CC(=O)OC[C@H]1O[C@@H](Oc2cc(OC(C)=O)c3c(=O)c(-c4ccc(O[Si](C)(C)C(C)(C)C)cc4)coc3c2)[C@H](OC(C)=O)[C@@H](OC(C)=O)[C@@H]1OC(C)=O. The summed E-state index contributed by atoms with van der Waals surface area (Å²) in [5, 5.41) is -0.0964. The third-order valence-electron chi connectivity index (χ3n) is 8.61. The van der Waals surface area contributed by atoms with Gasteiger partial charge in [0.05, 0.1) is 5.56 Å². The van der Waals surface area contributed by atoms with Crippen LogP contribution in [0.4, 0.5) is 0 Å². The van der Waals surface area contributed by atoms with Crippen molar-refractivity contribution in [3.05, 3.63) is 52.9 Å². The molecule has 1 aliphatic rings. The van der Waals surface area contributed by atoms with E-state index < -0.39 is 80.9 Å². The number of hydrogen-bond acceptors (Lipinski definition) is 15. The topological polar surface area (TPSA) is 189 Å². The normalized spacial score (nSPS) is 20.2. The second kappa shape index (κ2) is 16.2. The summed E-state index contributed by atoms with van der Waals surface area (Å²) < 4.78 is 51.2. The maximum Gasteiger partial charge on any atom is 0.308 e. The highest BCUT2D eigenvalue weighted by atomic mass is 28.4. The van der Waals surface area contributed by atoms with Crippen LogP contribution in [0.25, 0.3) is 22.1 Å².